The molecule has 1 heterocycles. The second kappa shape index (κ2) is 2.23. The maximum absolute atomic E-state index is 10.7. The van der Waals surface area contributed by atoms with Crippen molar-refractivity contribution < 1.29 is 9.53 Å². The van der Waals surface area contributed by atoms with Crippen molar-refractivity contribution in [3.05, 3.63) is 0 Å². The van der Waals surface area contributed by atoms with Crippen molar-refractivity contribution in [3.8, 4) is 0 Å². The third-order valence-electron chi connectivity index (χ3n) is 2.24. The molecule has 0 amide bonds. The molecule has 0 spiro atoms. The van der Waals surface area contributed by atoms with Crippen LogP contribution in [0.4, 0.5) is 0 Å². The van der Waals surface area contributed by atoms with Crippen LogP contribution in [0.15, 0.2) is 0 Å². The summed E-state index contributed by atoms with van der Waals surface area (Å²) in [4.78, 5) is 10.7. The minimum atomic E-state index is -0.0943. The van der Waals surface area contributed by atoms with E-state index in [1.165, 1.54) is 6.42 Å². The molecule has 56 valence electrons. The molecule has 10 heavy (non-hydrogen) atoms. The van der Waals surface area contributed by atoms with Gasteiger partial charge in [0.15, 0.2) is 0 Å². The van der Waals surface area contributed by atoms with E-state index in [9.17, 15) is 4.79 Å². The summed E-state index contributed by atoms with van der Waals surface area (Å²) in [7, 11) is 0. The first-order valence-electron chi connectivity index (χ1n) is 3.79. The highest BCUT2D eigenvalue weighted by Gasteiger charge is 2.33. The van der Waals surface area contributed by atoms with Gasteiger partial charge in [-0.1, -0.05) is 0 Å². The normalized spacial score (nSPS) is 39.0. The number of morpholine rings is 1. The summed E-state index contributed by atoms with van der Waals surface area (Å²) in [6, 6.07) is 0.456. The van der Waals surface area contributed by atoms with Crippen LogP contribution >= 0.6 is 0 Å². The number of carbonyl (C=O) groups is 1. The van der Waals surface area contributed by atoms with Gasteiger partial charge in [-0.15, -0.1) is 0 Å². The van der Waals surface area contributed by atoms with Gasteiger partial charge in [-0.25, -0.2) is 0 Å². The quantitative estimate of drug-likeness (QED) is 0.484. The standard InChI is InChI=1S/C7H11NO2/c9-7-4-8-5-2-1-3-6(5)10-7/h5-6,8H,1-4H2/t5-,6-/m0/s1. The molecule has 2 aliphatic rings. The van der Waals surface area contributed by atoms with Crippen molar-refractivity contribution in [3.63, 3.8) is 0 Å². The molecule has 1 aliphatic carbocycles. The van der Waals surface area contributed by atoms with E-state index < -0.39 is 0 Å². The Bertz CT molecular complexity index is 158. The lowest BCUT2D eigenvalue weighted by molar-refractivity contribution is -0.153. The fraction of sp³-hybridized carbons (Fsp3) is 0.857. The third-order valence-corrected chi connectivity index (χ3v) is 2.24. The van der Waals surface area contributed by atoms with Crippen LogP contribution in [0, 0.1) is 0 Å². The first-order valence-corrected chi connectivity index (χ1v) is 3.79. The van der Waals surface area contributed by atoms with Gasteiger partial charge in [-0.3, -0.25) is 4.79 Å². The van der Waals surface area contributed by atoms with Gasteiger partial charge in [0.05, 0.1) is 6.54 Å². The van der Waals surface area contributed by atoms with E-state index in [-0.39, 0.29) is 12.1 Å². The van der Waals surface area contributed by atoms with Crippen molar-refractivity contribution in [2.24, 2.45) is 0 Å². The number of fused-ring (bicyclic) bond motifs is 1. The summed E-state index contributed by atoms with van der Waals surface area (Å²) in [6.07, 6.45) is 3.58. The van der Waals surface area contributed by atoms with Crippen LogP contribution in [0.5, 0.6) is 0 Å². The summed E-state index contributed by atoms with van der Waals surface area (Å²) < 4.78 is 5.11. The molecule has 2 atom stereocenters. The molecule has 0 aromatic carbocycles. The second-order valence-electron chi connectivity index (χ2n) is 2.95. The number of rotatable bonds is 0. The Hall–Kier alpha value is -0.570. The molecule has 0 radical (unpaired) electrons. The van der Waals surface area contributed by atoms with Crippen molar-refractivity contribution in [1.29, 1.82) is 0 Å². The lowest BCUT2D eigenvalue weighted by Gasteiger charge is -2.26. The van der Waals surface area contributed by atoms with Gasteiger partial charge in [0.25, 0.3) is 0 Å². The summed E-state index contributed by atoms with van der Waals surface area (Å²) >= 11 is 0. The second-order valence-corrected chi connectivity index (χ2v) is 2.95. The highest BCUT2D eigenvalue weighted by atomic mass is 16.5. The minimum Gasteiger partial charge on any atom is -0.460 e. The molecule has 0 bridgehead atoms. The predicted octanol–water partition coefficient (Wildman–Crippen LogP) is 0.0539. The zero-order valence-corrected chi connectivity index (χ0v) is 5.80. The summed E-state index contributed by atoms with van der Waals surface area (Å²) in [6.45, 7) is 0.404. The molecule has 1 N–H and O–H groups in total. The Morgan fingerprint density at radius 1 is 1.50 bits per heavy atom. The number of nitrogens with one attached hydrogen (secondary N) is 1. The molecular weight excluding hydrogens is 130 g/mol. The molecule has 1 saturated heterocycles. The Morgan fingerprint density at radius 3 is 3.30 bits per heavy atom. The van der Waals surface area contributed by atoms with Crippen molar-refractivity contribution in [2.75, 3.05) is 6.54 Å². The van der Waals surface area contributed by atoms with E-state index in [1.807, 2.05) is 0 Å². The van der Waals surface area contributed by atoms with E-state index in [2.05, 4.69) is 5.32 Å². The largest absolute Gasteiger partial charge is 0.460 e. The molecule has 0 aromatic heterocycles. The Labute approximate surface area is 59.7 Å². The first-order chi connectivity index (χ1) is 4.86. The number of carbonyl (C=O) groups excluding carboxylic acids is 1. The molecule has 2 fully saturated rings. The van der Waals surface area contributed by atoms with Crippen LogP contribution in [0.1, 0.15) is 19.3 Å². The maximum atomic E-state index is 10.7. The van der Waals surface area contributed by atoms with Crippen LogP contribution in [0.2, 0.25) is 0 Å². The summed E-state index contributed by atoms with van der Waals surface area (Å²) in [5.74, 6) is -0.0943. The molecule has 0 aromatic rings. The average molecular weight is 141 g/mol. The molecule has 3 nitrogen and oxygen atoms in total. The molecule has 1 aliphatic heterocycles. The number of ether oxygens (including phenoxy) is 1. The lowest BCUT2D eigenvalue weighted by Crippen LogP contribution is -2.47. The molecular formula is C7H11NO2. The van der Waals surface area contributed by atoms with Crippen molar-refractivity contribution in [2.45, 2.75) is 31.4 Å². The highest BCUT2D eigenvalue weighted by Crippen LogP contribution is 2.23. The van der Waals surface area contributed by atoms with E-state index in [0.717, 1.165) is 12.8 Å². The highest BCUT2D eigenvalue weighted by molar-refractivity contribution is 5.72. The monoisotopic (exact) mass is 141 g/mol. The molecule has 2 rings (SSSR count). The van der Waals surface area contributed by atoms with Crippen LogP contribution in [0.25, 0.3) is 0 Å². The third kappa shape index (κ3) is 0.904. The SMILES string of the molecule is O=C1CN[C@H]2CCC[C@@H]2O1. The van der Waals surface area contributed by atoms with E-state index >= 15 is 0 Å². The van der Waals surface area contributed by atoms with Gasteiger partial charge in [-0.2, -0.15) is 0 Å². The maximum Gasteiger partial charge on any atom is 0.320 e. The minimum absolute atomic E-state index is 0.0943. The fourth-order valence-electron chi connectivity index (χ4n) is 1.73. The summed E-state index contributed by atoms with van der Waals surface area (Å²) in [5.41, 5.74) is 0. The number of hydrogen-bond donors (Lipinski definition) is 1. The fourth-order valence-corrected chi connectivity index (χ4v) is 1.73. The molecule has 0 unspecified atom stereocenters. The number of hydrogen-bond acceptors (Lipinski definition) is 3. The lowest BCUT2D eigenvalue weighted by atomic mass is 10.2. The molecule has 1 saturated carbocycles. The van der Waals surface area contributed by atoms with Gasteiger partial charge < -0.3 is 10.1 Å². The van der Waals surface area contributed by atoms with Crippen molar-refractivity contribution in [1.82, 2.24) is 5.32 Å². The zero-order valence-electron chi connectivity index (χ0n) is 5.80. The summed E-state index contributed by atoms with van der Waals surface area (Å²) in [5, 5.41) is 3.16. The first kappa shape index (κ1) is 6.16. The Balaban J connectivity index is 2.03. The van der Waals surface area contributed by atoms with Crippen LogP contribution < -0.4 is 5.32 Å². The zero-order chi connectivity index (χ0) is 6.97. The predicted molar refractivity (Wildman–Crippen MR) is 35.5 cm³/mol. The van der Waals surface area contributed by atoms with E-state index in [1.54, 1.807) is 0 Å². The van der Waals surface area contributed by atoms with E-state index in [4.69, 9.17) is 4.74 Å². The van der Waals surface area contributed by atoms with E-state index in [0.29, 0.717) is 12.6 Å². The van der Waals surface area contributed by atoms with Crippen LogP contribution in [-0.2, 0) is 9.53 Å². The molecule has 3 heteroatoms. The topological polar surface area (TPSA) is 38.3 Å². The van der Waals surface area contributed by atoms with Gasteiger partial charge in [0, 0.05) is 6.04 Å². The van der Waals surface area contributed by atoms with Crippen LogP contribution in [0.3, 0.4) is 0 Å². The van der Waals surface area contributed by atoms with Crippen LogP contribution in [-0.4, -0.2) is 24.7 Å². The Morgan fingerprint density at radius 2 is 2.40 bits per heavy atom. The van der Waals surface area contributed by atoms with Gasteiger partial charge >= 0.3 is 5.97 Å². The smallest absolute Gasteiger partial charge is 0.320 e. The van der Waals surface area contributed by atoms with Gasteiger partial charge in [0.1, 0.15) is 6.10 Å². The average Bonchev–Trinajstić information content (AvgIpc) is 2.33. The number of esters is 1. The van der Waals surface area contributed by atoms with Crippen molar-refractivity contribution >= 4 is 5.97 Å². The van der Waals surface area contributed by atoms with Gasteiger partial charge in [0.2, 0.25) is 0 Å². The van der Waals surface area contributed by atoms with Gasteiger partial charge in [-0.05, 0) is 19.3 Å². The Kier molecular flexibility index (Phi) is 1.38.